The predicted molar refractivity (Wildman–Crippen MR) is 99.9 cm³/mol. The second-order valence-corrected chi connectivity index (χ2v) is 6.16. The van der Waals surface area contributed by atoms with Crippen LogP contribution >= 0.6 is 11.6 Å². The lowest BCUT2D eigenvalue weighted by Gasteiger charge is -2.13. The van der Waals surface area contributed by atoms with E-state index in [2.05, 4.69) is 9.97 Å². The van der Waals surface area contributed by atoms with Crippen LogP contribution in [0.5, 0.6) is 0 Å². The minimum atomic E-state index is -0.472. The van der Waals surface area contributed by atoms with Crippen molar-refractivity contribution in [2.24, 2.45) is 0 Å². The average molecular weight is 365 g/mol. The zero-order valence-corrected chi connectivity index (χ0v) is 14.3. The van der Waals surface area contributed by atoms with Crippen LogP contribution in [0, 0.1) is 0 Å². The maximum absolute atomic E-state index is 13.1. The Bertz CT molecular complexity index is 1220. The first-order chi connectivity index (χ1) is 12.6. The molecule has 7 heteroatoms. The third-order valence-corrected chi connectivity index (χ3v) is 4.29. The Balaban J connectivity index is 2.05. The summed E-state index contributed by atoms with van der Waals surface area (Å²) in [5.41, 5.74) is 0.805. The molecule has 0 aliphatic carbocycles. The van der Waals surface area contributed by atoms with Crippen LogP contribution in [0.25, 0.3) is 16.7 Å². The molecule has 0 saturated heterocycles. The van der Waals surface area contributed by atoms with E-state index in [-0.39, 0.29) is 12.1 Å². The van der Waals surface area contributed by atoms with Gasteiger partial charge in [-0.05, 0) is 48.0 Å². The molecule has 0 amide bonds. The van der Waals surface area contributed by atoms with Crippen LogP contribution < -0.4 is 11.2 Å². The van der Waals surface area contributed by atoms with Crippen molar-refractivity contribution in [1.29, 1.82) is 0 Å². The Labute approximate surface area is 153 Å². The molecule has 3 aromatic heterocycles. The Hall–Kier alpha value is -3.25. The molecule has 26 heavy (non-hydrogen) atoms. The topological polar surface area (TPSA) is 69.8 Å². The van der Waals surface area contributed by atoms with E-state index >= 15 is 0 Å². The molecule has 1 aromatic carbocycles. The first-order valence-corrected chi connectivity index (χ1v) is 8.28. The quantitative estimate of drug-likeness (QED) is 0.560. The van der Waals surface area contributed by atoms with E-state index in [1.807, 2.05) is 0 Å². The summed E-state index contributed by atoms with van der Waals surface area (Å²) in [7, 11) is 0. The van der Waals surface area contributed by atoms with E-state index in [0.717, 1.165) is 5.56 Å². The van der Waals surface area contributed by atoms with Crippen molar-refractivity contribution in [2.75, 3.05) is 0 Å². The second-order valence-electron chi connectivity index (χ2n) is 5.72. The third-order valence-electron chi connectivity index (χ3n) is 4.05. The highest BCUT2D eigenvalue weighted by atomic mass is 35.5. The van der Waals surface area contributed by atoms with Gasteiger partial charge in [-0.3, -0.25) is 14.3 Å². The molecule has 6 nitrogen and oxygen atoms in total. The van der Waals surface area contributed by atoms with Crippen molar-refractivity contribution in [3.05, 3.63) is 98.5 Å². The summed E-state index contributed by atoms with van der Waals surface area (Å²) in [5, 5.41) is 0.853. The van der Waals surface area contributed by atoms with Gasteiger partial charge in [-0.1, -0.05) is 17.7 Å². The predicted octanol–water partition coefficient (Wildman–Crippen LogP) is 2.64. The number of nitrogens with zero attached hydrogens (tertiary/aromatic N) is 4. The highest BCUT2D eigenvalue weighted by molar-refractivity contribution is 6.30. The summed E-state index contributed by atoms with van der Waals surface area (Å²) >= 11 is 6.09. The van der Waals surface area contributed by atoms with Gasteiger partial charge in [0.05, 0.1) is 17.6 Å². The van der Waals surface area contributed by atoms with Gasteiger partial charge in [-0.2, -0.15) is 0 Å². The first-order valence-electron chi connectivity index (χ1n) is 7.90. The van der Waals surface area contributed by atoms with E-state index in [1.54, 1.807) is 67.1 Å². The number of benzene rings is 1. The monoisotopic (exact) mass is 364 g/mol. The van der Waals surface area contributed by atoms with Gasteiger partial charge in [0.2, 0.25) is 0 Å². The van der Waals surface area contributed by atoms with Crippen LogP contribution in [0.3, 0.4) is 0 Å². The second kappa shape index (κ2) is 6.57. The number of hydrogen-bond donors (Lipinski definition) is 0. The summed E-state index contributed by atoms with van der Waals surface area (Å²) < 4.78 is 2.60. The minimum Gasteiger partial charge on any atom is -0.268 e. The molecular weight excluding hydrogens is 352 g/mol. The number of pyridine rings is 2. The molecule has 4 aromatic rings. The van der Waals surface area contributed by atoms with Crippen LogP contribution in [-0.2, 0) is 6.54 Å². The van der Waals surface area contributed by atoms with Crippen LogP contribution in [0.15, 0.2) is 76.7 Å². The van der Waals surface area contributed by atoms with Crippen LogP contribution in [0.2, 0.25) is 5.02 Å². The highest BCUT2D eigenvalue weighted by Crippen LogP contribution is 2.16. The van der Waals surface area contributed by atoms with Gasteiger partial charge in [-0.25, -0.2) is 14.3 Å². The van der Waals surface area contributed by atoms with Crippen molar-refractivity contribution in [1.82, 2.24) is 19.1 Å². The van der Waals surface area contributed by atoms with Gasteiger partial charge in [0.15, 0.2) is 5.65 Å². The largest absolute Gasteiger partial charge is 0.337 e. The van der Waals surface area contributed by atoms with Crippen molar-refractivity contribution in [3.63, 3.8) is 0 Å². The number of aromatic nitrogens is 4. The molecule has 0 unspecified atom stereocenters. The molecule has 0 radical (unpaired) electrons. The van der Waals surface area contributed by atoms with E-state index < -0.39 is 5.69 Å². The fourth-order valence-corrected chi connectivity index (χ4v) is 3.03. The summed E-state index contributed by atoms with van der Waals surface area (Å²) in [6.07, 6.45) is 4.80. The number of rotatable bonds is 3. The first kappa shape index (κ1) is 16.2. The molecule has 0 N–H and O–H groups in total. The van der Waals surface area contributed by atoms with Gasteiger partial charge in [0, 0.05) is 23.6 Å². The lowest BCUT2D eigenvalue weighted by Crippen LogP contribution is -2.40. The molecule has 0 aliphatic heterocycles. The third kappa shape index (κ3) is 2.80. The normalized spacial score (nSPS) is 11.0. The molecule has 128 valence electrons. The summed E-state index contributed by atoms with van der Waals surface area (Å²) in [5.74, 6) is 0. The molecule has 0 atom stereocenters. The molecular formula is C19H13ClN4O2. The van der Waals surface area contributed by atoms with Gasteiger partial charge in [0.1, 0.15) is 0 Å². The van der Waals surface area contributed by atoms with Crippen LogP contribution in [0.1, 0.15) is 5.56 Å². The zero-order chi connectivity index (χ0) is 18.1. The van der Waals surface area contributed by atoms with Gasteiger partial charge >= 0.3 is 5.69 Å². The van der Waals surface area contributed by atoms with Gasteiger partial charge in [-0.15, -0.1) is 0 Å². The SMILES string of the molecule is O=c1c2cccnc2n(-c2cccc(Cl)c2)c(=O)n1Cc1ccncc1. The van der Waals surface area contributed by atoms with Crippen molar-refractivity contribution in [2.45, 2.75) is 6.54 Å². The van der Waals surface area contributed by atoms with E-state index in [0.29, 0.717) is 21.7 Å². The smallest absolute Gasteiger partial charge is 0.268 e. The summed E-state index contributed by atoms with van der Waals surface area (Å²) in [6, 6.07) is 13.8. The Morgan fingerprint density at radius 3 is 2.54 bits per heavy atom. The van der Waals surface area contributed by atoms with E-state index in [9.17, 15) is 9.59 Å². The van der Waals surface area contributed by atoms with Crippen molar-refractivity contribution < 1.29 is 0 Å². The lowest BCUT2D eigenvalue weighted by atomic mass is 10.2. The highest BCUT2D eigenvalue weighted by Gasteiger charge is 2.15. The average Bonchev–Trinajstić information content (AvgIpc) is 2.66. The number of hydrogen-bond acceptors (Lipinski definition) is 4. The van der Waals surface area contributed by atoms with Crippen LogP contribution in [0.4, 0.5) is 0 Å². The molecule has 0 bridgehead atoms. The summed E-state index contributed by atoms with van der Waals surface area (Å²) in [6.45, 7) is 0.144. The maximum atomic E-state index is 13.1. The molecule has 4 rings (SSSR count). The summed E-state index contributed by atoms with van der Waals surface area (Å²) in [4.78, 5) is 34.2. The molecule has 0 fully saturated rings. The van der Waals surface area contributed by atoms with Crippen molar-refractivity contribution >= 4 is 22.6 Å². The standard InChI is InChI=1S/C19H13ClN4O2/c20-14-3-1-4-15(11-14)24-17-16(5-2-8-22-17)18(25)23(19(24)26)12-13-6-9-21-10-7-13/h1-11H,12H2. The lowest BCUT2D eigenvalue weighted by molar-refractivity contribution is 0.682. The maximum Gasteiger partial charge on any atom is 0.337 e. The number of fused-ring (bicyclic) bond motifs is 1. The Morgan fingerprint density at radius 1 is 0.962 bits per heavy atom. The molecule has 3 heterocycles. The Kier molecular flexibility index (Phi) is 4.10. The zero-order valence-electron chi connectivity index (χ0n) is 13.5. The fraction of sp³-hybridized carbons (Fsp3) is 0.0526. The number of halogens is 1. The Morgan fingerprint density at radius 2 is 1.77 bits per heavy atom. The minimum absolute atomic E-state index is 0.144. The van der Waals surface area contributed by atoms with Gasteiger partial charge in [0.25, 0.3) is 5.56 Å². The molecule has 0 saturated carbocycles. The van der Waals surface area contributed by atoms with E-state index in [4.69, 9.17) is 11.6 Å². The van der Waals surface area contributed by atoms with Gasteiger partial charge < -0.3 is 0 Å². The van der Waals surface area contributed by atoms with Crippen LogP contribution in [-0.4, -0.2) is 19.1 Å². The van der Waals surface area contributed by atoms with E-state index in [1.165, 1.54) is 9.13 Å². The molecule has 0 aliphatic rings. The van der Waals surface area contributed by atoms with Crippen molar-refractivity contribution in [3.8, 4) is 5.69 Å². The molecule has 0 spiro atoms. The fourth-order valence-electron chi connectivity index (χ4n) is 2.84.